The Morgan fingerprint density at radius 2 is 1.47 bits per heavy atom. The fraction of sp³-hybridized carbons (Fsp3) is 0.0952. The van der Waals surface area contributed by atoms with Gasteiger partial charge in [-0.05, 0) is 66.2 Å². The summed E-state index contributed by atoms with van der Waals surface area (Å²) in [6.07, 6.45) is -0.834. The van der Waals surface area contributed by atoms with Crippen LogP contribution in [-0.4, -0.2) is 26.5 Å². The van der Waals surface area contributed by atoms with Crippen molar-refractivity contribution in [3.05, 3.63) is 78.4 Å². The van der Waals surface area contributed by atoms with Crippen LogP contribution in [0.1, 0.15) is 11.7 Å². The van der Waals surface area contributed by atoms with Gasteiger partial charge in [-0.25, -0.2) is 13.6 Å². The number of anilines is 1. The van der Waals surface area contributed by atoms with Crippen LogP contribution in [0.15, 0.2) is 77.7 Å². The number of sulfonamides is 1. The summed E-state index contributed by atoms with van der Waals surface area (Å²) in [6, 6.07) is 18.5. The lowest BCUT2D eigenvalue weighted by Crippen LogP contribution is -2.22. The summed E-state index contributed by atoms with van der Waals surface area (Å²) in [6.45, 7) is 0. The van der Waals surface area contributed by atoms with E-state index in [0.717, 1.165) is 0 Å². The maximum Gasteiger partial charge on any atom is 0.258 e. The first kappa shape index (κ1) is 21.3. The second-order valence-electron chi connectivity index (χ2n) is 6.34. The Hall–Kier alpha value is -3.40. The van der Waals surface area contributed by atoms with Crippen LogP contribution >= 0.6 is 0 Å². The lowest BCUT2D eigenvalue weighted by Gasteiger charge is -2.16. The predicted octanol–water partition coefficient (Wildman–Crippen LogP) is 3.16. The number of phenolic OH excluding ortho intramolecular Hbond substituents is 1. The fourth-order valence-electron chi connectivity index (χ4n) is 2.69. The van der Waals surface area contributed by atoms with Gasteiger partial charge in [-0.2, -0.15) is 0 Å². The fourth-order valence-corrected chi connectivity index (χ4v) is 3.21. The summed E-state index contributed by atoms with van der Waals surface area (Å²) in [7, 11) is -2.33. The van der Waals surface area contributed by atoms with Crippen LogP contribution < -0.4 is 15.2 Å². The average molecular weight is 428 g/mol. The molecule has 0 heterocycles. The van der Waals surface area contributed by atoms with Gasteiger partial charge in [0.25, 0.3) is 5.91 Å². The number of hydrogen-bond donors (Lipinski definition) is 3. The van der Waals surface area contributed by atoms with Gasteiger partial charge in [-0.15, -0.1) is 0 Å². The second kappa shape index (κ2) is 8.95. The molecule has 0 radical (unpaired) electrons. The summed E-state index contributed by atoms with van der Waals surface area (Å²) < 4.78 is 33.5. The van der Waals surface area contributed by atoms with E-state index in [0.29, 0.717) is 22.7 Å². The zero-order chi connectivity index (χ0) is 21.7. The normalized spacial score (nSPS) is 12.2. The van der Waals surface area contributed by atoms with Crippen LogP contribution in [0.25, 0.3) is 0 Å². The lowest BCUT2D eigenvalue weighted by atomic mass is 10.1. The molecule has 30 heavy (non-hydrogen) atoms. The largest absolute Gasteiger partial charge is 0.508 e. The lowest BCUT2D eigenvalue weighted by molar-refractivity contribution is -0.126. The Kier molecular flexibility index (Phi) is 6.36. The van der Waals surface area contributed by atoms with E-state index in [1.54, 1.807) is 36.4 Å². The van der Waals surface area contributed by atoms with Crippen LogP contribution in [0.2, 0.25) is 0 Å². The number of hydrogen-bond acceptors (Lipinski definition) is 6. The third-order valence-corrected chi connectivity index (χ3v) is 5.11. The molecule has 0 aromatic heterocycles. The van der Waals surface area contributed by atoms with E-state index >= 15 is 0 Å². The van der Waals surface area contributed by atoms with Gasteiger partial charge >= 0.3 is 0 Å². The Morgan fingerprint density at radius 1 is 0.933 bits per heavy atom. The van der Waals surface area contributed by atoms with Crippen molar-refractivity contribution in [2.45, 2.75) is 11.0 Å². The van der Waals surface area contributed by atoms with E-state index < -0.39 is 16.1 Å². The van der Waals surface area contributed by atoms with Gasteiger partial charge in [0.15, 0.2) is 6.10 Å². The summed E-state index contributed by atoms with van der Waals surface area (Å²) in [4.78, 5) is 12.5. The molecule has 3 aromatic carbocycles. The van der Waals surface area contributed by atoms with Gasteiger partial charge in [0, 0.05) is 12.8 Å². The van der Waals surface area contributed by atoms with E-state index in [1.165, 1.54) is 43.5 Å². The maximum absolute atomic E-state index is 12.5. The van der Waals surface area contributed by atoms with E-state index in [9.17, 15) is 18.3 Å². The zero-order valence-corrected chi connectivity index (χ0v) is 16.8. The van der Waals surface area contributed by atoms with Crippen molar-refractivity contribution < 1.29 is 27.8 Å². The molecule has 0 aliphatic rings. The first-order chi connectivity index (χ1) is 14.3. The third kappa shape index (κ3) is 5.35. The summed E-state index contributed by atoms with van der Waals surface area (Å²) in [5.41, 5.74) is 1.15. The third-order valence-electron chi connectivity index (χ3n) is 4.18. The Labute approximate surface area is 173 Å². The zero-order valence-electron chi connectivity index (χ0n) is 16.0. The highest BCUT2D eigenvalue weighted by atomic mass is 32.2. The summed E-state index contributed by atoms with van der Waals surface area (Å²) in [5.74, 6) is 0.670. The smallest absolute Gasteiger partial charge is 0.258 e. The molecule has 9 heteroatoms. The molecule has 0 fully saturated rings. The number of carbonyl (C=O) groups is 1. The molecular formula is C21H20N2O6S. The number of primary sulfonamides is 1. The molecule has 1 unspecified atom stereocenters. The number of amides is 1. The van der Waals surface area contributed by atoms with Gasteiger partial charge in [0.05, 0.1) is 4.90 Å². The standard InChI is InChI=1S/C21H20N2O6S/c1-28-20(14-2-6-16(24)7-3-14)21(25)23-15-4-8-17(9-5-15)29-18-10-12-19(13-11-18)30(22,26)27/h2-13,20,24H,1H3,(H,23,25)(H2,22,26,27). The van der Waals surface area contributed by atoms with Gasteiger partial charge in [0.2, 0.25) is 10.0 Å². The molecule has 156 valence electrons. The molecular weight excluding hydrogens is 408 g/mol. The van der Waals surface area contributed by atoms with Gasteiger partial charge in [0.1, 0.15) is 17.2 Å². The molecule has 3 aromatic rings. The predicted molar refractivity (Wildman–Crippen MR) is 111 cm³/mol. The van der Waals surface area contributed by atoms with E-state index in [-0.39, 0.29) is 16.6 Å². The SMILES string of the molecule is COC(C(=O)Nc1ccc(Oc2ccc(S(N)(=O)=O)cc2)cc1)c1ccc(O)cc1. The van der Waals surface area contributed by atoms with Crippen molar-refractivity contribution in [3.63, 3.8) is 0 Å². The number of nitrogens with one attached hydrogen (secondary N) is 1. The van der Waals surface area contributed by atoms with E-state index in [2.05, 4.69) is 5.32 Å². The number of aromatic hydroxyl groups is 1. The number of ether oxygens (including phenoxy) is 2. The molecule has 0 spiro atoms. The first-order valence-corrected chi connectivity index (χ1v) is 10.3. The van der Waals surface area contributed by atoms with Crippen molar-refractivity contribution in [1.82, 2.24) is 0 Å². The Bertz CT molecular complexity index is 1110. The van der Waals surface area contributed by atoms with Crippen LogP contribution in [-0.2, 0) is 19.6 Å². The first-order valence-electron chi connectivity index (χ1n) is 8.79. The van der Waals surface area contributed by atoms with E-state index in [1.807, 2.05) is 0 Å². The van der Waals surface area contributed by atoms with E-state index in [4.69, 9.17) is 14.6 Å². The minimum atomic E-state index is -3.76. The molecule has 3 rings (SSSR count). The molecule has 0 saturated heterocycles. The molecule has 0 saturated carbocycles. The molecule has 1 atom stereocenters. The van der Waals surface area contributed by atoms with Crippen molar-refractivity contribution in [1.29, 1.82) is 0 Å². The van der Waals surface area contributed by atoms with Crippen molar-refractivity contribution >= 4 is 21.6 Å². The van der Waals surface area contributed by atoms with Crippen molar-refractivity contribution in [3.8, 4) is 17.2 Å². The van der Waals surface area contributed by atoms with Crippen LogP contribution in [0.5, 0.6) is 17.2 Å². The molecule has 8 nitrogen and oxygen atoms in total. The van der Waals surface area contributed by atoms with Crippen LogP contribution in [0.3, 0.4) is 0 Å². The quantitative estimate of drug-likeness (QED) is 0.530. The average Bonchev–Trinajstić information content (AvgIpc) is 2.71. The number of nitrogens with two attached hydrogens (primary N) is 1. The minimum Gasteiger partial charge on any atom is -0.508 e. The van der Waals surface area contributed by atoms with Gasteiger partial charge < -0.3 is 19.9 Å². The number of methoxy groups -OCH3 is 1. The highest BCUT2D eigenvalue weighted by Gasteiger charge is 2.20. The van der Waals surface area contributed by atoms with Crippen LogP contribution in [0.4, 0.5) is 5.69 Å². The maximum atomic E-state index is 12.5. The molecule has 0 aliphatic carbocycles. The second-order valence-corrected chi connectivity index (χ2v) is 7.90. The molecule has 0 aliphatic heterocycles. The summed E-state index contributed by atoms with van der Waals surface area (Å²) >= 11 is 0. The monoisotopic (exact) mass is 428 g/mol. The number of carbonyl (C=O) groups excluding carboxylic acids is 1. The topological polar surface area (TPSA) is 128 Å². The summed E-state index contributed by atoms with van der Waals surface area (Å²) in [5, 5.41) is 17.2. The van der Waals surface area contributed by atoms with Crippen molar-refractivity contribution in [2.75, 3.05) is 12.4 Å². The number of rotatable bonds is 7. The van der Waals surface area contributed by atoms with Crippen LogP contribution in [0, 0.1) is 0 Å². The molecule has 0 bridgehead atoms. The number of benzene rings is 3. The Balaban J connectivity index is 1.65. The van der Waals surface area contributed by atoms with Crippen molar-refractivity contribution in [2.24, 2.45) is 5.14 Å². The molecule has 4 N–H and O–H groups in total. The minimum absolute atomic E-state index is 0.00534. The van der Waals surface area contributed by atoms with Gasteiger partial charge in [-0.3, -0.25) is 4.79 Å². The van der Waals surface area contributed by atoms with Gasteiger partial charge in [-0.1, -0.05) is 12.1 Å². The molecule has 1 amide bonds. The highest BCUT2D eigenvalue weighted by molar-refractivity contribution is 7.89. The highest BCUT2D eigenvalue weighted by Crippen LogP contribution is 2.25. The number of phenols is 1. The Morgan fingerprint density at radius 3 is 1.97 bits per heavy atom.